The zero-order valence-corrected chi connectivity index (χ0v) is 16.4. The van der Waals surface area contributed by atoms with Crippen LogP contribution in [0.3, 0.4) is 0 Å². The van der Waals surface area contributed by atoms with Crippen LogP contribution in [-0.2, 0) is 27.4 Å². The minimum absolute atomic E-state index is 0.125. The monoisotopic (exact) mass is 398 g/mol. The maximum absolute atomic E-state index is 12.8. The summed E-state index contributed by atoms with van der Waals surface area (Å²) in [7, 11) is 0. The number of carbonyl (C=O) groups excluding carboxylic acids is 3. The fourth-order valence-electron chi connectivity index (χ4n) is 5.09. The van der Waals surface area contributed by atoms with Crippen molar-refractivity contribution in [2.45, 2.75) is 50.5 Å². The second-order valence-electron chi connectivity index (χ2n) is 8.36. The highest BCUT2D eigenvalue weighted by Gasteiger charge is 2.43. The highest BCUT2D eigenvalue weighted by atomic mass is 16.5. The average Bonchev–Trinajstić information content (AvgIpc) is 3.23. The largest absolute Gasteiger partial charge is 0.359 e. The first kappa shape index (κ1) is 18.7. The van der Waals surface area contributed by atoms with Crippen molar-refractivity contribution in [3.05, 3.63) is 34.9 Å². The Hall–Kier alpha value is -2.29. The van der Waals surface area contributed by atoms with Gasteiger partial charge in [-0.2, -0.15) is 0 Å². The summed E-state index contributed by atoms with van der Waals surface area (Å²) in [6, 6.07) is 5.41. The fourth-order valence-corrected chi connectivity index (χ4v) is 5.09. The Bertz CT molecular complexity index is 864. The maximum Gasteiger partial charge on any atom is 0.255 e. The van der Waals surface area contributed by atoms with Gasteiger partial charge in [0.15, 0.2) is 0 Å². The Kier molecular flexibility index (Phi) is 4.64. The molecule has 2 N–H and O–H groups in total. The van der Waals surface area contributed by atoms with Crippen molar-refractivity contribution in [2.75, 3.05) is 26.2 Å². The van der Waals surface area contributed by atoms with Crippen LogP contribution < -0.4 is 10.6 Å². The molecule has 0 aliphatic carbocycles. The molecular weight excluding hydrogens is 372 g/mol. The van der Waals surface area contributed by atoms with Crippen LogP contribution in [0.15, 0.2) is 18.2 Å². The van der Waals surface area contributed by atoms with E-state index in [2.05, 4.69) is 21.6 Å². The lowest BCUT2D eigenvalue weighted by Gasteiger charge is -2.40. The Labute approximate surface area is 169 Å². The molecule has 3 saturated heterocycles. The molecule has 4 aliphatic heterocycles. The van der Waals surface area contributed by atoms with E-state index in [0.29, 0.717) is 18.5 Å². The summed E-state index contributed by atoms with van der Waals surface area (Å²) in [6.07, 6.45) is 2.63. The molecule has 0 aromatic heterocycles. The molecule has 8 heteroatoms. The minimum atomic E-state index is -0.568. The summed E-state index contributed by atoms with van der Waals surface area (Å²) in [4.78, 5) is 40.5. The van der Waals surface area contributed by atoms with Gasteiger partial charge in [0.25, 0.3) is 5.91 Å². The zero-order chi connectivity index (χ0) is 20.0. The second kappa shape index (κ2) is 7.19. The average molecular weight is 398 g/mol. The highest BCUT2D eigenvalue weighted by Crippen LogP contribution is 2.34. The molecule has 1 atom stereocenters. The van der Waals surface area contributed by atoms with Crippen LogP contribution >= 0.6 is 0 Å². The number of nitrogens with one attached hydrogen (secondary N) is 2. The number of hydrogen-bond acceptors (Lipinski definition) is 6. The van der Waals surface area contributed by atoms with E-state index >= 15 is 0 Å². The lowest BCUT2D eigenvalue weighted by molar-refractivity contribution is -0.136. The van der Waals surface area contributed by atoms with Crippen LogP contribution in [0.2, 0.25) is 0 Å². The number of piperidine rings is 2. The Balaban J connectivity index is 1.32. The molecule has 0 bridgehead atoms. The SMILES string of the molecule is O=C1CCC(N2Cc3cc(CN4CCOC45CCNCC5)ccc3C2=O)C(=O)N1. The van der Waals surface area contributed by atoms with Gasteiger partial charge in [-0.3, -0.25) is 24.6 Å². The third kappa shape index (κ3) is 3.25. The summed E-state index contributed by atoms with van der Waals surface area (Å²) < 4.78 is 6.14. The summed E-state index contributed by atoms with van der Waals surface area (Å²) in [5, 5.41) is 5.75. The molecule has 1 aromatic rings. The smallest absolute Gasteiger partial charge is 0.255 e. The van der Waals surface area contributed by atoms with Crippen molar-refractivity contribution in [1.29, 1.82) is 0 Å². The standard InChI is InChI=1S/C21H26N4O4/c26-18-4-3-17(19(27)23-18)25-13-15-11-14(1-2-16(15)20(25)28)12-24-9-10-29-21(24)5-7-22-8-6-21/h1-2,11,17,22H,3-10,12-13H2,(H,23,26,27). The van der Waals surface area contributed by atoms with Gasteiger partial charge in [-0.05, 0) is 36.7 Å². The van der Waals surface area contributed by atoms with Gasteiger partial charge in [0.05, 0.1) is 6.61 Å². The van der Waals surface area contributed by atoms with Gasteiger partial charge in [0.1, 0.15) is 11.8 Å². The first-order chi connectivity index (χ1) is 14.1. The number of benzene rings is 1. The van der Waals surface area contributed by atoms with Gasteiger partial charge in [-0.25, -0.2) is 0 Å². The predicted octanol–water partition coefficient (Wildman–Crippen LogP) is 0.360. The third-order valence-electron chi connectivity index (χ3n) is 6.65. The van der Waals surface area contributed by atoms with Crippen molar-refractivity contribution < 1.29 is 19.1 Å². The predicted molar refractivity (Wildman–Crippen MR) is 104 cm³/mol. The van der Waals surface area contributed by atoms with Crippen molar-refractivity contribution >= 4 is 17.7 Å². The molecule has 154 valence electrons. The van der Waals surface area contributed by atoms with Gasteiger partial charge in [-0.15, -0.1) is 0 Å². The summed E-state index contributed by atoms with van der Waals surface area (Å²) in [5.74, 6) is -0.762. The molecule has 29 heavy (non-hydrogen) atoms. The summed E-state index contributed by atoms with van der Waals surface area (Å²) in [5.41, 5.74) is 2.60. The molecule has 8 nitrogen and oxygen atoms in total. The molecule has 1 spiro atoms. The van der Waals surface area contributed by atoms with Gasteiger partial charge in [0.2, 0.25) is 11.8 Å². The Morgan fingerprint density at radius 3 is 2.79 bits per heavy atom. The molecule has 0 radical (unpaired) electrons. The first-order valence-corrected chi connectivity index (χ1v) is 10.4. The normalized spacial score (nSPS) is 26.8. The second-order valence-corrected chi connectivity index (χ2v) is 8.36. The maximum atomic E-state index is 12.8. The van der Waals surface area contributed by atoms with E-state index in [4.69, 9.17) is 4.74 Å². The number of fused-ring (bicyclic) bond motifs is 1. The van der Waals surface area contributed by atoms with Crippen molar-refractivity contribution in [2.24, 2.45) is 0 Å². The van der Waals surface area contributed by atoms with Crippen LogP contribution in [0, 0.1) is 0 Å². The van der Waals surface area contributed by atoms with Crippen molar-refractivity contribution in [1.82, 2.24) is 20.4 Å². The van der Waals surface area contributed by atoms with Crippen molar-refractivity contribution in [3.8, 4) is 0 Å². The van der Waals surface area contributed by atoms with E-state index in [1.54, 1.807) is 4.90 Å². The molecule has 4 aliphatic rings. The molecule has 1 aromatic carbocycles. The molecule has 5 rings (SSSR count). The molecule has 4 heterocycles. The zero-order valence-electron chi connectivity index (χ0n) is 16.4. The molecular formula is C21H26N4O4. The Morgan fingerprint density at radius 1 is 1.17 bits per heavy atom. The third-order valence-corrected chi connectivity index (χ3v) is 6.65. The number of hydrogen-bond donors (Lipinski definition) is 2. The Morgan fingerprint density at radius 2 is 2.00 bits per heavy atom. The van der Waals surface area contributed by atoms with Gasteiger partial charge in [0, 0.05) is 44.5 Å². The summed E-state index contributed by atoms with van der Waals surface area (Å²) >= 11 is 0. The van der Waals surface area contributed by atoms with Crippen molar-refractivity contribution in [3.63, 3.8) is 0 Å². The van der Waals surface area contributed by atoms with Crippen LogP contribution in [0.25, 0.3) is 0 Å². The number of nitrogens with zero attached hydrogens (tertiary/aromatic N) is 2. The lowest BCUT2D eigenvalue weighted by Crippen LogP contribution is -2.52. The lowest BCUT2D eigenvalue weighted by atomic mass is 9.99. The molecule has 1 unspecified atom stereocenters. The molecule has 3 amide bonds. The van der Waals surface area contributed by atoms with Crippen LogP contribution in [0.1, 0.15) is 47.2 Å². The van der Waals surface area contributed by atoms with E-state index in [1.165, 1.54) is 0 Å². The van der Waals surface area contributed by atoms with Gasteiger partial charge < -0.3 is 15.0 Å². The highest BCUT2D eigenvalue weighted by molar-refractivity contribution is 6.05. The summed E-state index contributed by atoms with van der Waals surface area (Å²) in [6.45, 7) is 4.82. The number of ether oxygens (including phenoxy) is 1. The van der Waals surface area contributed by atoms with E-state index in [1.807, 2.05) is 12.1 Å². The molecule has 0 saturated carbocycles. The number of amides is 3. The first-order valence-electron chi connectivity index (χ1n) is 10.4. The minimum Gasteiger partial charge on any atom is -0.359 e. The van der Waals surface area contributed by atoms with E-state index < -0.39 is 6.04 Å². The fraction of sp³-hybridized carbons (Fsp3) is 0.571. The van der Waals surface area contributed by atoms with Crippen LogP contribution in [-0.4, -0.2) is 65.5 Å². The van der Waals surface area contributed by atoms with Gasteiger partial charge in [-0.1, -0.05) is 12.1 Å². The van der Waals surface area contributed by atoms with E-state index in [0.717, 1.165) is 56.8 Å². The van der Waals surface area contributed by atoms with Gasteiger partial charge >= 0.3 is 0 Å². The topological polar surface area (TPSA) is 91.0 Å². The quantitative estimate of drug-likeness (QED) is 0.715. The van der Waals surface area contributed by atoms with Crippen LogP contribution in [0.4, 0.5) is 0 Å². The number of imide groups is 1. The van der Waals surface area contributed by atoms with E-state index in [9.17, 15) is 14.4 Å². The molecule has 3 fully saturated rings. The van der Waals surface area contributed by atoms with Crippen LogP contribution in [0.5, 0.6) is 0 Å². The van der Waals surface area contributed by atoms with E-state index in [-0.39, 0.29) is 29.9 Å². The number of carbonyl (C=O) groups is 3. The number of rotatable bonds is 3.